The fourth-order valence-electron chi connectivity index (χ4n) is 3.86. The summed E-state index contributed by atoms with van der Waals surface area (Å²) in [6.45, 7) is 5.04. The Hall–Kier alpha value is -1.40. The van der Waals surface area contributed by atoms with Gasteiger partial charge in [-0.3, -0.25) is 14.4 Å². The number of hydrogen-bond acceptors (Lipinski definition) is 4. The molecule has 128 valence electrons. The molecule has 1 aromatic rings. The van der Waals surface area contributed by atoms with Crippen LogP contribution in [0.1, 0.15) is 55.9 Å². The second kappa shape index (κ2) is 7.45. The predicted molar refractivity (Wildman–Crippen MR) is 88.2 cm³/mol. The Morgan fingerprint density at radius 2 is 2.13 bits per heavy atom. The molecule has 1 aliphatic heterocycles. The number of hydrogen-bond donors (Lipinski definition) is 2. The molecule has 1 aromatic heterocycles. The van der Waals surface area contributed by atoms with Gasteiger partial charge in [0.25, 0.3) is 5.91 Å². The molecule has 2 heterocycles. The molecule has 6 heteroatoms. The second-order valence-corrected chi connectivity index (χ2v) is 6.78. The lowest BCUT2D eigenvalue weighted by atomic mass is 9.87. The van der Waals surface area contributed by atoms with Crippen molar-refractivity contribution in [3.05, 3.63) is 18.0 Å². The van der Waals surface area contributed by atoms with E-state index in [2.05, 4.69) is 22.2 Å². The average molecular weight is 320 g/mol. The van der Waals surface area contributed by atoms with E-state index in [9.17, 15) is 9.90 Å². The fourth-order valence-corrected chi connectivity index (χ4v) is 3.86. The summed E-state index contributed by atoms with van der Waals surface area (Å²) in [7, 11) is 0. The van der Waals surface area contributed by atoms with Crippen molar-refractivity contribution in [3.63, 3.8) is 0 Å². The number of amides is 1. The lowest BCUT2D eigenvalue weighted by molar-refractivity contribution is 0.00696. The third kappa shape index (κ3) is 3.75. The molecule has 6 nitrogen and oxygen atoms in total. The lowest BCUT2D eigenvalue weighted by Crippen LogP contribution is -2.56. The molecule has 1 amide bonds. The molecular formula is C17H28N4O2. The van der Waals surface area contributed by atoms with Crippen molar-refractivity contribution >= 4 is 5.91 Å². The molecule has 1 saturated carbocycles. The smallest absolute Gasteiger partial charge is 0.272 e. The molecule has 0 radical (unpaired) electrons. The Kier molecular flexibility index (Phi) is 5.33. The van der Waals surface area contributed by atoms with Gasteiger partial charge in [0.1, 0.15) is 5.69 Å². The Bertz CT molecular complexity index is 524. The van der Waals surface area contributed by atoms with Gasteiger partial charge in [-0.1, -0.05) is 6.92 Å². The maximum absolute atomic E-state index is 12.4. The van der Waals surface area contributed by atoms with Crippen LogP contribution in [0.4, 0.5) is 0 Å². The van der Waals surface area contributed by atoms with Crippen LogP contribution in [0.5, 0.6) is 0 Å². The van der Waals surface area contributed by atoms with E-state index in [1.54, 1.807) is 10.7 Å². The molecule has 3 rings (SSSR count). The highest BCUT2D eigenvalue weighted by Crippen LogP contribution is 2.26. The molecular weight excluding hydrogens is 292 g/mol. The largest absolute Gasteiger partial charge is 0.389 e. The first-order valence-electron chi connectivity index (χ1n) is 8.95. The van der Waals surface area contributed by atoms with Crippen LogP contribution in [0, 0.1) is 0 Å². The predicted octanol–water partition coefficient (Wildman–Crippen LogP) is 1.40. The van der Waals surface area contributed by atoms with E-state index in [4.69, 9.17) is 0 Å². The highest BCUT2D eigenvalue weighted by Gasteiger charge is 2.37. The molecule has 3 atom stereocenters. The number of aromatic nitrogens is 2. The third-order valence-corrected chi connectivity index (χ3v) is 5.07. The maximum atomic E-state index is 12.4. The fraction of sp³-hybridized carbons (Fsp3) is 0.765. The van der Waals surface area contributed by atoms with E-state index in [1.165, 1.54) is 12.8 Å². The maximum Gasteiger partial charge on any atom is 0.272 e. The molecule has 2 aliphatic rings. The Morgan fingerprint density at radius 3 is 2.87 bits per heavy atom. The molecule has 1 saturated heterocycles. The molecule has 23 heavy (non-hydrogen) atoms. The summed E-state index contributed by atoms with van der Waals surface area (Å²) in [5.74, 6) is -0.175. The zero-order chi connectivity index (χ0) is 16.2. The van der Waals surface area contributed by atoms with Crippen molar-refractivity contribution in [2.45, 2.75) is 70.2 Å². The van der Waals surface area contributed by atoms with E-state index in [0.717, 1.165) is 45.3 Å². The van der Waals surface area contributed by atoms with Crippen LogP contribution >= 0.6 is 0 Å². The van der Waals surface area contributed by atoms with Crippen molar-refractivity contribution in [2.24, 2.45) is 0 Å². The van der Waals surface area contributed by atoms with Gasteiger partial charge in [0.2, 0.25) is 0 Å². The van der Waals surface area contributed by atoms with Gasteiger partial charge in [-0.05, 0) is 57.7 Å². The average Bonchev–Trinajstić information content (AvgIpc) is 3.21. The normalized spacial score (nSPS) is 28.9. The zero-order valence-corrected chi connectivity index (χ0v) is 13.9. The van der Waals surface area contributed by atoms with Crippen molar-refractivity contribution < 1.29 is 9.90 Å². The standard InChI is InChI=1S/C17H28N4O2/c1-2-9-21-12-8-14(19-21)17(23)18-13-6-5-7-15(16(13)22)20-10-3-4-11-20/h8,12-13,15-16,22H,2-7,9-11H2,1H3,(H,18,23)/t13-,15-,16-/m1/s1. The molecule has 2 N–H and O–H groups in total. The van der Waals surface area contributed by atoms with Gasteiger partial charge >= 0.3 is 0 Å². The van der Waals surface area contributed by atoms with Crippen molar-refractivity contribution in [1.29, 1.82) is 0 Å². The molecule has 2 fully saturated rings. The molecule has 0 bridgehead atoms. The molecule has 0 unspecified atom stereocenters. The third-order valence-electron chi connectivity index (χ3n) is 5.07. The first-order chi connectivity index (χ1) is 11.2. The van der Waals surface area contributed by atoms with Crippen LogP contribution in [-0.4, -0.2) is 57.0 Å². The number of carbonyl (C=O) groups is 1. The minimum Gasteiger partial charge on any atom is -0.389 e. The van der Waals surface area contributed by atoms with Gasteiger partial charge in [-0.2, -0.15) is 5.10 Å². The summed E-state index contributed by atoms with van der Waals surface area (Å²) in [5.41, 5.74) is 0.439. The Labute approximate surface area is 137 Å². The SMILES string of the molecule is CCCn1ccc(C(=O)N[C@@H]2CCC[C@@H](N3CCCC3)[C@@H]2O)n1. The van der Waals surface area contributed by atoms with Crippen LogP contribution in [-0.2, 0) is 6.54 Å². The van der Waals surface area contributed by atoms with Crippen LogP contribution in [0.2, 0.25) is 0 Å². The van der Waals surface area contributed by atoms with Gasteiger partial charge in [-0.15, -0.1) is 0 Å². The van der Waals surface area contributed by atoms with Crippen LogP contribution in [0.3, 0.4) is 0 Å². The summed E-state index contributed by atoms with van der Waals surface area (Å²) in [6.07, 6.45) is 7.69. The van der Waals surface area contributed by atoms with Gasteiger partial charge < -0.3 is 10.4 Å². The van der Waals surface area contributed by atoms with Crippen molar-refractivity contribution in [3.8, 4) is 0 Å². The van der Waals surface area contributed by atoms with E-state index in [1.807, 2.05) is 6.20 Å². The summed E-state index contributed by atoms with van der Waals surface area (Å²) >= 11 is 0. The first-order valence-corrected chi connectivity index (χ1v) is 8.95. The minimum absolute atomic E-state index is 0.168. The van der Waals surface area contributed by atoms with Crippen LogP contribution in [0.25, 0.3) is 0 Å². The second-order valence-electron chi connectivity index (χ2n) is 6.78. The number of likely N-dealkylation sites (tertiary alicyclic amines) is 1. The van der Waals surface area contributed by atoms with Crippen LogP contribution in [0.15, 0.2) is 12.3 Å². The highest BCUT2D eigenvalue weighted by atomic mass is 16.3. The Morgan fingerprint density at radius 1 is 1.35 bits per heavy atom. The van der Waals surface area contributed by atoms with Crippen molar-refractivity contribution in [1.82, 2.24) is 20.0 Å². The van der Waals surface area contributed by atoms with E-state index < -0.39 is 6.10 Å². The lowest BCUT2D eigenvalue weighted by Gasteiger charge is -2.39. The minimum atomic E-state index is -0.483. The van der Waals surface area contributed by atoms with Crippen LogP contribution < -0.4 is 5.32 Å². The van der Waals surface area contributed by atoms with Gasteiger partial charge in [0.15, 0.2) is 0 Å². The Balaban J connectivity index is 1.60. The monoisotopic (exact) mass is 320 g/mol. The number of nitrogens with zero attached hydrogens (tertiary/aromatic N) is 3. The number of nitrogens with one attached hydrogen (secondary N) is 1. The topological polar surface area (TPSA) is 70.4 Å². The quantitative estimate of drug-likeness (QED) is 0.860. The number of aryl methyl sites for hydroxylation is 1. The molecule has 0 aromatic carbocycles. The number of aliphatic hydroxyl groups is 1. The number of aliphatic hydroxyl groups excluding tert-OH is 1. The van der Waals surface area contributed by atoms with Crippen molar-refractivity contribution in [2.75, 3.05) is 13.1 Å². The summed E-state index contributed by atoms with van der Waals surface area (Å²) in [4.78, 5) is 14.8. The summed E-state index contributed by atoms with van der Waals surface area (Å²) in [5, 5.41) is 18.0. The summed E-state index contributed by atoms with van der Waals surface area (Å²) < 4.78 is 1.79. The molecule has 1 aliphatic carbocycles. The van der Waals surface area contributed by atoms with E-state index in [-0.39, 0.29) is 18.0 Å². The number of rotatable bonds is 5. The van der Waals surface area contributed by atoms with Gasteiger partial charge in [0, 0.05) is 18.8 Å². The van der Waals surface area contributed by atoms with E-state index >= 15 is 0 Å². The first kappa shape index (κ1) is 16.5. The van der Waals surface area contributed by atoms with Gasteiger partial charge in [-0.25, -0.2) is 0 Å². The highest BCUT2D eigenvalue weighted by molar-refractivity contribution is 5.92. The summed E-state index contributed by atoms with van der Waals surface area (Å²) in [6, 6.07) is 1.77. The number of carbonyl (C=O) groups excluding carboxylic acids is 1. The van der Waals surface area contributed by atoms with Gasteiger partial charge in [0.05, 0.1) is 12.1 Å². The molecule has 0 spiro atoms. The zero-order valence-electron chi connectivity index (χ0n) is 13.9. The van der Waals surface area contributed by atoms with E-state index in [0.29, 0.717) is 5.69 Å².